The summed E-state index contributed by atoms with van der Waals surface area (Å²) < 4.78 is 4.33. The number of aromatic amines is 1. The number of aryl methyl sites for hydroxylation is 3. The number of hydrogen-bond acceptors (Lipinski definition) is 2. The molecule has 0 amide bonds. The van der Waals surface area contributed by atoms with E-state index in [1.165, 1.54) is 35.2 Å². The number of benzene rings is 1. The van der Waals surface area contributed by atoms with Crippen LogP contribution >= 0.6 is 0 Å². The smallest absolute Gasteiger partial charge is 0.247 e. The maximum atomic E-state index is 5.11. The van der Waals surface area contributed by atoms with Crippen LogP contribution < -0.4 is 4.52 Å². The molecule has 5 nitrogen and oxygen atoms in total. The minimum absolute atomic E-state index is 0.992. The number of fused-ring (bicyclic) bond motifs is 2. The third-order valence-corrected chi connectivity index (χ3v) is 5.37. The van der Waals surface area contributed by atoms with Gasteiger partial charge in [0.2, 0.25) is 0 Å². The van der Waals surface area contributed by atoms with E-state index in [2.05, 4.69) is 63.3 Å². The van der Waals surface area contributed by atoms with Crippen molar-refractivity contribution in [3.8, 4) is 16.9 Å². The highest BCUT2D eigenvalue weighted by atomic mass is 15.3. The molecule has 3 heterocycles. The maximum absolute atomic E-state index is 5.11. The molecule has 1 aliphatic rings. The fourth-order valence-corrected chi connectivity index (χ4v) is 4.14. The number of nitrogens with one attached hydrogen (secondary N) is 1. The lowest BCUT2D eigenvalue weighted by atomic mass is 9.96. The summed E-state index contributed by atoms with van der Waals surface area (Å²) in [6.45, 7) is 4.18. The van der Waals surface area contributed by atoms with E-state index in [0.29, 0.717) is 0 Å². The Labute approximate surface area is 152 Å². The first-order valence-electron chi connectivity index (χ1n) is 9.26. The van der Waals surface area contributed by atoms with Crippen molar-refractivity contribution >= 4 is 5.65 Å². The molecular formula is C21H22N5+. The van der Waals surface area contributed by atoms with Gasteiger partial charge in [0.15, 0.2) is 5.82 Å². The molecule has 130 valence electrons. The van der Waals surface area contributed by atoms with E-state index in [0.717, 1.165) is 35.8 Å². The van der Waals surface area contributed by atoms with E-state index < -0.39 is 0 Å². The second-order valence-electron chi connectivity index (χ2n) is 7.05. The van der Waals surface area contributed by atoms with Gasteiger partial charge in [-0.05, 0) is 31.7 Å². The first kappa shape index (κ1) is 15.3. The lowest BCUT2D eigenvalue weighted by Gasteiger charge is -2.15. The van der Waals surface area contributed by atoms with Crippen molar-refractivity contribution in [2.45, 2.75) is 39.5 Å². The summed E-state index contributed by atoms with van der Waals surface area (Å²) >= 11 is 0. The third-order valence-electron chi connectivity index (χ3n) is 5.37. The molecule has 5 rings (SSSR count). The summed E-state index contributed by atoms with van der Waals surface area (Å²) in [5, 5.41) is 3.57. The minimum atomic E-state index is 0.992. The Morgan fingerprint density at radius 2 is 1.88 bits per heavy atom. The van der Waals surface area contributed by atoms with Gasteiger partial charge >= 0.3 is 0 Å². The molecule has 0 spiro atoms. The normalized spacial score (nSPS) is 13.9. The van der Waals surface area contributed by atoms with Gasteiger partial charge in [0.1, 0.15) is 5.69 Å². The zero-order valence-electron chi connectivity index (χ0n) is 15.2. The van der Waals surface area contributed by atoms with Crippen LogP contribution in [0.4, 0.5) is 0 Å². The number of aromatic nitrogens is 5. The van der Waals surface area contributed by atoms with Crippen molar-refractivity contribution in [3.05, 3.63) is 65.5 Å². The van der Waals surface area contributed by atoms with Crippen LogP contribution in [0.2, 0.25) is 0 Å². The molecule has 1 N–H and O–H groups in total. The van der Waals surface area contributed by atoms with Crippen molar-refractivity contribution in [1.82, 2.24) is 19.6 Å². The summed E-state index contributed by atoms with van der Waals surface area (Å²) in [6, 6.07) is 10.5. The van der Waals surface area contributed by atoms with Gasteiger partial charge in [-0.25, -0.2) is 14.6 Å². The van der Waals surface area contributed by atoms with E-state index in [1.807, 2.05) is 12.4 Å². The van der Waals surface area contributed by atoms with Crippen LogP contribution in [-0.2, 0) is 12.8 Å². The molecule has 26 heavy (non-hydrogen) atoms. The first-order chi connectivity index (χ1) is 12.7. The second kappa shape index (κ2) is 5.80. The van der Waals surface area contributed by atoms with Gasteiger partial charge < -0.3 is 0 Å². The van der Waals surface area contributed by atoms with E-state index >= 15 is 0 Å². The molecular weight excluding hydrogens is 322 g/mol. The molecule has 0 saturated carbocycles. The monoisotopic (exact) mass is 344 g/mol. The molecule has 0 radical (unpaired) electrons. The molecule has 1 aliphatic carbocycles. The molecule has 1 aromatic carbocycles. The predicted octanol–water partition coefficient (Wildman–Crippen LogP) is 3.50. The van der Waals surface area contributed by atoms with E-state index in [4.69, 9.17) is 4.98 Å². The Kier molecular flexibility index (Phi) is 3.42. The van der Waals surface area contributed by atoms with Gasteiger partial charge in [-0.2, -0.15) is 0 Å². The SMILES string of the molecule is Cc1[nH][n+]2c(-n3ccnc3C)c3c(nc2c1-c1ccccc1)CCCC3. The molecule has 4 aromatic rings. The van der Waals surface area contributed by atoms with E-state index in [-0.39, 0.29) is 0 Å². The third kappa shape index (κ3) is 2.20. The van der Waals surface area contributed by atoms with Crippen molar-refractivity contribution in [3.63, 3.8) is 0 Å². The molecule has 3 aromatic heterocycles. The zero-order chi connectivity index (χ0) is 17.7. The highest BCUT2D eigenvalue weighted by Crippen LogP contribution is 2.30. The van der Waals surface area contributed by atoms with Crippen molar-refractivity contribution in [2.24, 2.45) is 0 Å². The lowest BCUT2D eigenvalue weighted by Crippen LogP contribution is -2.34. The minimum Gasteiger partial charge on any atom is -0.247 e. The lowest BCUT2D eigenvalue weighted by molar-refractivity contribution is -0.574. The summed E-state index contributed by atoms with van der Waals surface area (Å²) in [6.07, 6.45) is 8.45. The molecule has 0 saturated heterocycles. The number of imidazole rings is 1. The van der Waals surface area contributed by atoms with Gasteiger partial charge in [0, 0.05) is 13.3 Å². The quantitative estimate of drug-likeness (QED) is 0.566. The standard InChI is InChI=1S/C21H21N5/c1-14-19(16-8-4-3-5-9-16)20-23-18-11-7-6-10-17(18)21(26(20)24-14)25-13-12-22-15(25)2/h3-5,8-9,12-13H,6-7,10-11H2,1-2H3/p+1. The van der Waals surface area contributed by atoms with Gasteiger partial charge in [-0.15, -0.1) is 9.50 Å². The predicted molar refractivity (Wildman–Crippen MR) is 100 cm³/mol. The second-order valence-corrected chi connectivity index (χ2v) is 7.05. The first-order valence-corrected chi connectivity index (χ1v) is 9.26. The maximum Gasteiger partial charge on any atom is 0.294 e. The number of rotatable bonds is 2. The highest BCUT2D eigenvalue weighted by Gasteiger charge is 2.30. The Morgan fingerprint density at radius 1 is 1.08 bits per heavy atom. The summed E-state index contributed by atoms with van der Waals surface area (Å²) in [7, 11) is 0. The molecule has 0 bridgehead atoms. The van der Waals surface area contributed by atoms with E-state index in [9.17, 15) is 0 Å². The van der Waals surface area contributed by atoms with Crippen LogP contribution in [0.3, 0.4) is 0 Å². The molecule has 5 heteroatoms. The van der Waals surface area contributed by atoms with Crippen molar-refractivity contribution in [1.29, 1.82) is 0 Å². The Hall–Kier alpha value is -2.95. The van der Waals surface area contributed by atoms with Crippen LogP contribution in [0, 0.1) is 13.8 Å². The van der Waals surface area contributed by atoms with Crippen LogP contribution in [0.15, 0.2) is 42.7 Å². The molecule has 0 unspecified atom stereocenters. The molecule has 0 fully saturated rings. The zero-order valence-corrected chi connectivity index (χ0v) is 15.2. The average molecular weight is 344 g/mol. The Balaban J connectivity index is 1.90. The van der Waals surface area contributed by atoms with Crippen LogP contribution in [0.5, 0.6) is 0 Å². The van der Waals surface area contributed by atoms with E-state index in [1.54, 1.807) is 0 Å². The molecule has 0 aliphatic heterocycles. The van der Waals surface area contributed by atoms with Gasteiger partial charge in [-0.3, -0.25) is 0 Å². The largest absolute Gasteiger partial charge is 0.294 e. The Bertz CT molecular complexity index is 1100. The van der Waals surface area contributed by atoms with Gasteiger partial charge in [0.25, 0.3) is 11.5 Å². The van der Waals surface area contributed by atoms with Gasteiger partial charge in [-0.1, -0.05) is 30.3 Å². The van der Waals surface area contributed by atoms with Crippen molar-refractivity contribution < 1.29 is 4.52 Å². The average Bonchev–Trinajstić information content (AvgIpc) is 3.22. The summed E-state index contributed by atoms with van der Waals surface area (Å²) in [5.41, 5.74) is 7.08. The number of hydrogen-bond donors (Lipinski definition) is 1. The van der Waals surface area contributed by atoms with Crippen molar-refractivity contribution in [2.75, 3.05) is 0 Å². The van der Waals surface area contributed by atoms with Gasteiger partial charge in [0.05, 0.1) is 29.2 Å². The van der Waals surface area contributed by atoms with Crippen LogP contribution in [0.25, 0.3) is 22.6 Å². The molecule has 0 atom stereocenters. The fourth-order valence-electron chi connectivity index (χ4n) is 4.14. The summed E-state index contributed by atoms with van der Waals surface area (Å²) in [5.74, 6) is 2.15. The van der Waals surface area contributed by atoms with Crippen LogP contribution in [-0.4, -0.2) is 19.6 Å². The topological polar surface area (TPSA) is 50.6 Å². The fraction of sp³-hybridized carbons (Fsp3) is 0.286. The Morgan fingerprint density at radius 3 is 2.65 bits per heavy atom. The highest BCUT2D eigenvalue weighted by molar-refractivity contribution is 5.77. The number of H-pyrrole nitrogens is 1. The number of nitrogens with zero attached hydrogens (tertiary/aromatic N) is 4. The van der Waals surface area contributed by atoms with Crippen LogP contribution in [0.1, 0.15) is 35.6 Å². The summed E-state index contributed by atoms with van der Waals surface area (Å²) in [4.78, 5) is 9.56.